The molecular weight excluding hydrogens is 404 g/mol. The maximum Gasteiger partial charge on any atom is 0.331 e. The van der Waals surface area contributed by atoms with E-state index in [2.05, 4.69) is 6.08 Å². The number of aryl methyl sites for hydroxylation is 1. The SMILES string of the molecule is CC(C)=CCC/C(=C\CC/C(C)=C/CC[C@](C)(O)/C=C\c1cc(O)c(C)cc1O)C(=O)O. The van der Waals surface area contributed by atoms with Crippen LogP contribution in [0.15, 0.2) is 53.2 Å². The topological polar surface area (TPSA) is 98.0 Å². The summed E-state index contributed by atoms with van der Waals surface area (Å²) in [6, 6.07) is 2.96. The molecule has 0 radical (unpaired) electrons. The number of phenolic OH excluding ortho intramolecular Hbond substituents is 2. The number of phenols is 2. The molecule has 4 N–H and O–H groups in total. The Labute approximate surface area is 192 Å². The molecule has 1 atom stereocenters. The zero-order chi connectivity index (χ0) is 24.3. The van der Waals surface area contributed by atoms with Crippen LogP contribution in [0.1, 0.15) is 77.3 Å². The molecule has 0 aliphatic rings. The highest BCUT2D eigenvalue weighted by Crippen LogP contribution is 2.28. The maximum atomic E-state index is 11.4. The second-order valence-electron chi connectivity index (χ2n) is 8.87. The van der Waals surface area contributed by atoms with E-state index in [1.165, 1.54) is 17.7 Å². The van der Waals surface area contributed by atoms with Crippen LogP contribution in [0.25, 0.3) is 6.08 Å². The van der Waals surface area contributed by atoms with Crippen molar-refractivity contribution in [2.45, 2.75) is 78.7 Å². The van der Waals surface area contributed by atoms with Crippen molar-refractivity contribution in [1.82, 2.24) is 0 Å². The van der Waals surface area contributed by atoms with Crippen LogP contribution in [-0.4, -0.2) is 32.0 Å². The molecule has 32 heavy (non-hydrogen) atoms. The number of aliphatic hydroxyl groups is 1. The first-order chi connectivity index (χ1) is 14.9. The number of aromatic hydroxyl groups is 2. The summed E-state index contributed by atoms with van der Waals surface area (Å²) in [5, 5.41) is 39.7. The predicted octanol–water partition coefficient (Wildman–Crippen LogP) is 6.43. The second kappa shape index (κ2) is 12.9. The first kappa shape index (κ1) is 27.2. The summed E-state index contributed by atoms with van der Waals surface area (Å²) in [6.45, 7) is 9.42. The van der Waals surface area contributed by atoms with Gasteiger partial charge >= 0.3 is 5.97 Å². The fourth-order valence-corrected chi connectivity index (χ4v) is 3.18. The van der Waals surface area contributed by atoms with Crippen LogP contribution >= 0.6 is 0 Å². The highest BCUT2D eigenvalue weighted by atomic mass is 16.4. The van der Waals surface area contributed by atoms with Gasteiger partial charge in [0.25, 0.3) is 0 Å². The van der Waals surface area contributed by atoms with Crippen molar-refractivity contribution in [3.63, 3.8) is 0 Å². The van der Waals surface area contributed by atoms with Crippen molar-refractivity contribution >= 4 is 12.0 Å². The molecular formula is C27H38O5. The van der Waals surface area contributed by atoms with E-state index in [9.17, 15) is 25.2 Å². The Morgan fingerprint density at radius 3 is 2.25 bits per heavy atom. The molecule has 0 amide bonds. The Balaban J connectivity index is 2.58. The van der Waals surface area contributed by atoms with Crippen LogP contribution in [0.5, 0.6) is 11.5 Å². The van der Waals surface area contributed by atoms with Gasteiger partial charge in [0, 0.05) is 11.1 Å². The van der Waals surface area contributed by atoms with Crippen LogP contribution in [0.2, 0.25) is 0 Å². The van der Waals surface area contributed by atoms with E-state index in [0.717, 1.165) is 18.4 Å². The number of aliphatic carboxylic acids is 1. The number of hydrogen-bond acceptors (Lipinski definition) is 4. The fourth-order valence-electron chi connectivity index (χ4n) is 3.18. The van der Waals surface area contributed by atoms with Gasteiger partial charge in [0.1, 0.15) is 11.5 Å². The average molecular weight is 443 g/mol. The smallest absolute Gasteiger partial charge is 0.331 e. The van der Waals surface area contributed by atoms with E-state index in [4.69, 9.17) is 0 Å². The molecule has 0 spiro atoms. The Morgan fingerprint density at radius 1 is 0.969 bits per heavy atom. The number of carboxylic acid groups (broad SMARTS) is 1. The zero-order valence-electron chi connectivity index (χ0n) is 20.0. The third kappa shape index (κ3) is 10.5. The average Bonchev–Trinajstić information content (AvgIpc) is 2.68. The minimum atomic E-state index is -1.06. The number of allylic oxidation sites excluding steroid dienone is 5. The highest BCUT2D eigenvalue weighted by Gasteiger charge is 2.15. The van der Waals surface area contributed by atoms with Crippen molar-refractivity contribution < 1.29 is 25.2 Å². The van der Waals surface area contributed by atoms with E-state index in [0.29, 0.717) is 42.4 Å². The van der Waals surface area contributed by atoms with Gasteiger partial charge in [-0.3, -0.25) is 0 Å². The number of rotatable bonds is 12. The maximum absolute atomic E-state index is 11.4. The van der Waals surface area contributed by atoms with Crippen molar-refractivity contribution in [1.29, 1.82) is 0 Å². The van der Waals surface area contributed by atoms with Crippen LogP contribution in [-0.2, 0) is 4.79 Å². The number of carbonyl (C=O) groups is 1. The first-order valence-corrected chi connectivity index (χ1v) is 11.1. The van der Waals surface area contributed by atoms with Crippen LogP contribution in [0, 0.1) is 6.92 Å². The lowest BCUT2D eigenvalue weighted by Crippen LogP contribution is -2.19. The molecule has 0 aromatic heterocycles. The quantitative estimate of drug-likeness (QED) is 0.170. The van der Waals surface area contributed by atoms with Crippen LogP contribution < -0.4 is 0 Å². The van der Waals surface area contributed by atoms with Gasteiger partial charge in [-0.2, -0.15) is 0 Å². The largest absolute Gasteiger partial charge is 0.508 e. The monoisotopic (exact) mass is 442 g/mol. The van der Waals surface area contributed by atoms with Crippen molar-refractivity contribution in [3.05, 3.63) is 64.3 Å². The summed E-state index contributed by atoms with van der Waals surface area (Å²) in [6.07, 6.45) is 13.0. The number of carboxylic acids is 1. The van der Waals surface area contributed by atoms with E-state index in [1.54, 1.807) is 32.1 Å². The van der Waals surface area contributed by atoms with Crippen LogP contribution in [0.3, 0.4) is 0 Å². The Kier molecular flexibility index (Phi) is 11.0. The third-order valence-corrected chi connectivity index (χ3v) is 5.28. The Bertz CT molecular complexity index is 897. The van der Waals surface area contributed by atoms with Crippen LogP contribution in [0.4, 0.5) is 0 Å². The predicted molar refractivity (Wildman–Crippen MR) is 131 cm³/mol. The molecule has 0 fully saturated rings. The highest BCUT2D eigenvalue weighted by molar-refractivity contribution is 5.86. The standard InChI is InChI=1S/C27H38O5/c1-19(2)9-6-12-22(26(30)31)13-7-10-20(3)11-8-15-27(5,32)16-14-23-18-24(28)21(4)17-25(23)29/h9,11,13-14,16-18,28-29,32H,6-8,10,12,15H2,1-5H3,(H,30,31)/b16-14-,20-11+,22-13+/t27-/m0/s1. The normalized spacial score (nSPS) is 14.4. The summed E-state index contributed by atoms with van der Waals surface area (Å²) in [4.78, 5) is 11.4. The van der Waals surface area contributed by atoms with Gasteiger partial charge in [0.05, 0.1) is 5.60 Å². The lowest BCUT2D eigenvalue weighted by atomic mass is 9.96. The summed E-state index contributed by atoms with van der Waals surface area (Å²) >= 11 is 0. The van der Waals surface area contributed by atoms with E-state index >= 15 is 0 Å². The lowest BCUT2D eigenvalue weighted by Gasteiger charge is -2.18. The van der Waals surface area contributed by atoms with Crippen molar-refractivity contribution in [2.75, 3.05) is 0 Å². The molecule has 5 heteroatoms. The lowest BCUT2D eigenvalue weighted by molar-refractivity contribution is -0.132. The summed E-state index contributed by atoms with van der Waals surface area (Å²) in [7, 11) is 0. The molecule has 0 saturated carbocycles. The molecule has 5 nitrogen and oxygen atoms in total. The molecule has 0 heterocycles. The third-order valence-electron chi connectivity index (χ3n) is 5.28. The van der Waals surface area contributed by atoms with E-state index in [1.807, 2.05) is 26.8 Å². The van der Waals surface area contributed by atoms with Gasteiger partial charge in [-0.1, -0.05) is 41.5 Å². The summed E-state index contributed by atoms with van der Waals surface area (Å²) < 4.78 is 0. The molecule has 0 aliphatic carbocycles. The molecule has 0 saturated heterocycles. The Morgan fingerprint density at radius 2 is 1.62 bits per heavy atom. The fraction of sp³-hybridized carbons (Fsp3) is 0.444. The van der Waals surface area contributed by atoms with E-state index in [-0.39, 0.29) is 11.5 Å². The molecule has 0 bridgehead atoms. The first-order valence-electron chi connectivity index (χ1n) is 11.1. The molecule has 0 unspecified atom stereocenters. The molecule has 1 aromatic carbocycles. The van der Waals surface area contributed by atoms with Crippen molar-refractivity contribution in [2.24, 2.45) is 0 Å². The summed E-state index contributed by atoms with van der Waals surface area (Å²) in [5.74, 6) is -0.708. The molecule has 0 aliphatic heterocycles. The van der Waals surface area contributed by atoms with Gasteiger partial charge in [-0.15, -0.1) is 0 Å². The van der Waals surface area contributed by atoms with Gasteiger partial charge < -0.3 is 20.4 Å². The molecule has 1 rings (SSSR count). The second-order valence-corrected chi connectivity index (χ2v) is 8.87. The van der Waals surface area contributed by atoms with Crippen molar-refractivity contribution in [3.8, 4) is 11.5 Å². The number of hydrogen-bond donors (Lipinski definition) is 4. The Hall–Kier alpha value is -2.79. The number of benzene rings is 1. The molecule has 176 valence electrons. The van der Waals surface area contributed by atoms with Gasteiger partial charge in [0.2, 0.25) is 0 Å². The summed E-state index contributed by atoms with van der Waals surface area (Å²) in [5.41, 5.74) is 2.76. The van der Waals surface area contributed by atoms with Gasteiger partial charge in [0.15, 0.2) is 0 Å². The molecule has 1 aromatic rings. The minimum absolute atomic E-state index is 0.0534. The van der Waals surface area contributed by atoms with E-state index < -0.39 is 11.6 Å². The minimum Gasteiger partial charge on any atom is -0.508 e. The van der Waals surface area contributed by atoms with Gasteiger partial charge in [-0.25, -0.2) is 4.79 Å². The zero-order valence-corrected chi connectivity index (χ0v) is 20.0. The van der Waals surface area contributed by atoms with Gasteiger partial charge in [-0.05, 0) is 90.8 Å².